The monoisotopic (exact) mass is 498 g/mol. The molecule has 1 aliphatic rings. The fraction of sp³-hybridized carbons (Fsp3) is 0.300. The molecule has 29 heavy (non-hydrogen) atoms. The second-order valence-electron chi connectivity index (χ2n) is 7.40. The first-order valence-electron chi connectivity index (χ1n) is 8.61. The van der Waals surface area contributed by atoms with E-state index >= 15 is 0 Å². The van der Waals surface area contributed by atoms with Crippen molar-refractivity contribution in [1.82, 2.24) is 0 Å². The molecule has 0 radical (unpaired) electrons. The third-order valence-electron chi connectivity index (χ3n) is 5.21. The van der Waals surface area contributed by atoms with Gasteiger partial charge in [-0.2, -0.15) is 0 Å². The van der Waals surface area contributed by atoms with Crippen molar-refractivity contribution < 1.29 is 28.2 Å². The maximum absolute atomic E-state index is 12.4. The summed E-state index contributed by atoms with van der Waals surface area (Å²) in [5.41, 5.74) is -2.12. The highest BCUT2D eigenvalue weighted by Crippen LogP contribution is 2.50. The van der Waals surface area contributed by atoms with Crippen LogP contribution in [0.1, 0.15) is 18.2 Å². The number of sulfone groups is 1. The van der Waals surface area contributed by atoms with Crippen molar-refractivity contribution in [1.29, 1.82) is 0 Å². The van der Waals surface area contributed by atoms with E-state index in [-0.39, 0.29) is 11.3 Å². The van der Waals surface area contributed by atoms with E-state index in [2.05, 4.69) is 15.9 Å². The van der Waals surface area contributed by atoms with Gasteiger partial charge >= 0.3 is 11.9 Å². The first-order chi connectivity index (χ1) is 13.4. The minimum absolute atomic E-state index is 0.111. The Balaban J connectivity index is 2.11. The number of halogens is 1. The number of carboxylic acids is 2. The third-order valence-corrected chi connectivity index (χ3v) is 8.72. The van der Waals surface area contributed by atoms with Crippen molar-refractivity contribution in [3.8, 4) is 10.4 Å². The van der Waals surface area contributed by atoms with Crippen LogP contribution in [-0.2, 0) is 24.8 Å². The number of carbonyl (C=O) groups is 2. The number of hydrogen-bond donors (Lipinski definition) is 2. The Morgan fingerprint density at radius 1 is 1.17 bits per heavy atom. The molecule has 3 rings (SSSR count). The van der Waals surface area contributed by atoms with Gasteiger partial charge in [-0.1, -0.05) is 40.2 Å². The van der Waals surface area contributed by atoms with Crippen LogP contribution < -0.4 is 0 Å². The largest absolute Gasteiger partial charge is 0.481 e. The highest BCUT2D eigenvalue weighted by molar-refractivity contribution is 9.09. The second-order valence-corrected chi connectivity index (χ2v) is 11.5. The van der Waals surface area contributed by atoms with E-state index < -0.39 is 37.4 Å². The lowest BCUT2D eigenvalue weighted by Crippen LogP contribution is -2.50. The second kappa shape index (κ2) is 7.37. The van der Waals surface area contributed by atoms with Crippen molar-refractivity contribution >= 4 is 49.0 Å². The molecule has 0 saturated carbocycles. The summed E-state index contributed by atoms with van der Waals surface area (Å²) in [5, 5.41) is 19.7. The van der Waals surface area contributed by atoms with Crippen LogP contribution in [0.25, 0.3) is 10.4 Å². The van der Waals surface area contributed by atoms with Crippen LogP contribution in [0.15, 0.2) is 53.4 Å². The van der Waals surface area contributed by atoms with E-state index in [1.165, 1.54) is 30.4 Å². The molecule has 2 N–H and O–H groups in total. The smallest absolute Gasteiger partial charge is 0.316 e. The molecule has 1 aromatic carbocycles. The Morgan fingerprint density at radius 2 is 1.86 bits per heavy atom. The highest BCUT2D eigenvalue weighted by atomic mass is 79.9. The molecule has 1 heterocycles. The molecule has 154 valence electrons. The summed E-state index contributed by atoms with van der Waals surface area (Å²) in [5.74, 6) is -2.20. The first kappa shape index (κ1) is 21.7. The molecule has 2 aromatic rings. The van der Waals surface area contributed by atoms with Crippen LogP contribution in [0.5, 0.6) is 0 Å². The molecule has 1 aromatic heterocycles. The van der Waals surface area contributed by atoms with Crippen LogP contribution in [0.4, 0.5) is 0 Å². The van der Waals surface area contributed by atoms with Crippen LogP contribution in [0.3, 0.4) is 0 Å². The van der Waals surface area contributed by atoms with Crippen molar-refractivity contribution in [2.75, 3.05) is 6.26 Å². The summed E-state index contributed by atoms with van der Waals surface area (Å²) < 4.78 is 23.7. The van der Waals surface area contributed by atoms with Crippen molar-refractivity contribution in [2.45, 2.75) is 28.5 Å². The van der Waals surface area contributed by atoms with E-state index in [1.54, 1.807) is 36.4 Å². The summed E-state index contributed by atoms with van der Waals surface area (Å²) in [6, 6.07) is 9.86. The lowest BCUT2D eigenvalue weighted by Gasteiger charge is -2.40. The number of alkyl halides is 1. The van der Waals surface area contributed by atoms with Gasteiger partial charge < -0.3 is 10.2 Å². The first-order valence-corrected chi connectivity index (χ1v) is 12.2. The van der Waals surface area contributed by atoms with Gasteiger partial charge in [-0.3, -0.25) is 9.59 Å². The predicted octanol–water partition coefficient (Wildman–Crippen LogP) is 3.96. The SMILES string of the molecule is CC1(C(=O)O)C=CC(Br)C(C(=O)O)(c2ccc(-c3cccc(S(C)(=O)=O)c3)s2)C1. The molecule has 0 saturated heterocycles. The summed E-state index contributed by atoms with van der Waals surface area (Å²) in [7, 11) is -3.38. The van der Waals surface area contributed by atoms with E-state index in [4.69, 9.17) is 0 Å². The molecule has 6 nitrogen and oxygen atoms in total. The number of rotatable bonds is 5. The lowest BCUT2D eigenvalue weighted by atomic mass is 9.65. The van der Waals surface area contributed by atoms with Gasteiger partial charge in [0.25, 0.3) is 0 Å². The van der Waals surface area contributed by atoms with Crippen LogP contribution >= 0.6 is 27.3 Å². The average Bonchev–Trinajstić information content (AvgIpc) is 3.13. The van der Waals surface area contributed by atoms with Gasteiger partial charge in [0.05, 0.1) is 15.1 Å². The number of hydrogen-bond acceptors (Lipinski definition) is 5. The van der Waals surface area contributed by atoms with Gasteiger partial charge in [0.2, 0.25) is 0 Å². The topological polar surface area (TPSA) is 109 Å². The Hall–Kier alpha value is -1.97. The fourth-order valence-corrected chi connectivity index (χ4v) is 6.28. The minimum Gasteiger partial charge on any atom is -0.481 e. The molecule has 0 spiro atoms. The number of allylic oxidation sites excluding steroid dienone is 1. The quantitative estimate of drug-likeness (QED) is 0.476. The molecule has 3 unspecified atom stereocenters. The van der Waals surface area contributed by atoms with Gasteiger partial charge in [0.1, 0.15) is 5.41 Å². The summed E-state index contributed by atoms with van der Waals surface area (Å²) in [6.07, 6.45) is 4.12. The number of aliphatic carboxylic acids is 2. The molecular formula is C20H19BrO6S2. The Bertz CT molecular complexity index is 1120. The van der Waals surface area contributed by atoms with Gasteiger partial charge in [-0.15, -0.1) is 11.3 Å². The Morgan fingerprint density at radius 3 is 2.45 bits per heavy atom. The van der Waals surface area contributed by atoms with Crippen LogP contribution in [0, 0.1) is 5.41 Å². The zero-order chi connectivity index (χ0) is 21.6. The number of thiophene rings is 1. The predicted molar refractivity (Wildman–Crippen MR) is 114 cm³/mol. The third kappa shape index (κ3) is 3.78. The molecule has 0 fully saturated rings. The minimum atomic E-state index is -3.38. The zero-order valence-corrected chi connectivity index (χ0v) is 18.8. The maximum atomic E-state index is 12.4. The van der Waals surface area contributed by atoms with Gasteiger partial charge in [-0.05, 0) is 43.2 Å². The molecule has 9 heteroatoms. The molecule has 1 aliphatic carbocycles. The fourth-order valence-electron chi connectivity index (χ4n) is 3.48. The molecule has 0 amide bonds. The van der Waals surface area contributed by atoms with Crippen molar-refractivity contribution in [3.63, 3.8) is 0 Å². The molecule has 0 bridgehead atoms. The van der Waals surface area contributed by atoms with Crippen molar-refractivity contribution in [3.05, 3.63) is 53.4 Å². The van der Waals surface area contributed by atoms with Crippen molar-refractivity contribution in [2.24, 2.45) is 5.41 Å². The number of carboxylic acid groups (broad SMARTS) is 2. The summed E-state index contributed by atoms with van der Waals surface area (Å²) in [6.45, 7) is 1.51. The summed E-state index contributed by atoms with van der Waals surface area (Å²) in [4.78, 5) is 25.0. The zero-order valence-electron chi connectivity index (χ0n) is 15.6. The average molecular weight is 499 g/mol. The number of benzene rings is 1. The summed E-state index contributed by atoms with van der Waals surface area (Å²) >= 11 is 4.64. The highest BCUT2D eigenvalue weighted by Gasteiger charge is 2.55. The molecule has 0 aliphatic heterocycles. The van der Waals surface area contributed by atoms with E-state index in [0.717, 1.165) is 6.26 Å². The van der Waals surface area contributed by atoms with Gasteiger partial charge in [0.15, 0.2) is 9.84 Å². The van der Waals surface area contributed by atoms with Gasteiger partial charge in [-0.25, -0.2) is 8.42 Å². The Kier molecular flexibility index (Phi) is 5.53. The molecular weight excluding hydrogens is 480 g/mol. The molecule has 3 atom stereocenters. The maximum Gasteiger partial charge on any atom is 0.316 e. The standard InChI is InChI=1S/C20H19BrO6S2/c1-19(17(22)23)9-8-15(21)20(11-19,18(24)25)16-7-6-14(28-16)12-4-3-5-13(10-12)29(2,26)27/h3-10,15H,11H2,1-2H3,(H,22,23)(H,24,25). The normalized spacial score (nSPS) is 26.9. The lowest BCUT2D eigenvalue weighted by molar-refractivity contribution is -0.150. The van der Waals surface area contributed by atoms with Crippen LogP contribution in [-0.4, -0.2) is 41.7 Å². The van der Waals surface area contributed by atoms with E-state index in [9.17, 15) is 28.2 Å². The Labute approximate surface area is 180 Å². The van der Waals surface area contributed by atoms with E-state index in [0.29, 0.717) is 15.3 Å². The van der Waals surface area contributed by atoms with E-state index in [1.807, 2.05) is 0 Å². The van der Waals surface area contributed by atoms with Crippen LogP contribution in [0.2, 0.25) is 0 Å². The van der Waals surface area contributed by atoms with Gasteiger partial charge in [0, 0.05) is 16.0 Å².